The number of hydrogen-bond donors (Lipinski definition) is 1. The Balaban J connectivity index is 1.28. The van der Waals surface area contributed by atoms with Crippen LogP contribution in [0.2, 0.25) is 0 Å². The van der Waals surface area contributed by atoms with Gasteiger partial charge >= 0.3 is 0 Å². The molecule has 1 heteroatoms. The zero-order chi connectivity index (χ0) is 13.0. The third kappa shape index (κ3) is 1.99. The molecule has 0 aliphatic heterocycles. The summed E-state index contributed by atoms with van der Waals surface area (Å²) in [6.45, 7) is 7.69. The smallest absolute Gasteiger partial charge is 0.00151 e. The molecular formula is C18H31N. The highest BCUT2D eigenvalue weighted by Gasteiger charge is 2.46. The van der Waals surface area contributed by atoms with Gasteiger partial charge in [0.05, 0.1) is 0 Å². The van der Waals surface area contributed by atoms with Crippen LogP contribution in [0.25, 0.3) is 0 Å². The van der Waals surface area contributed by atoms with Gasteiger partial charge in [-0.1, -0.05) is 13.8 Å². The molecule has 0 amide bonds. The summed E-state index contributed by atoms with van der Waals surface area (Å²) >= 11 is 0. The summed E-state index contributed by atoms with van der Waals surface area (Å²) in [5, 5.41) is 3.90. The van der Waals surface area contributed by atoms with Crippen LogP contribution in [0.3, 0.4) is 0 Å². The van der Waals surface area contributed by atoms with Crippen molar-refractivity contribution in [2.24, 2.45) is 47.3 Å². The molecule has 4 aliphatic rings. The Hall–Kier alpha value is -0.0400. The molecule has 4 saturated carbocycles. The lowest BCUT2D eigenvalue weighted by molar-refractivity contribution is 0.202. The molecule has 1 nitrogen and oxygen atoms in total. The number of fused-ring (bicyclic) bond motifs is 4. The highest BCUT2D eigenvalue weighted by atomic mass is 14.9. The van der Waals surface area contributed by atoms with Gasteiger partial charge in [-0.05, 0) is 99.0 Å². The lowest BCUT2D eigenvalue weighted by Gasteiger charge is -2.32. The molecule has 4 bridgehead atoms. The summed E-state index contributed by atoms with van der Waals surface area (Å²) < 4.78 is 0. The molecule has 19 heavy (non-hydrogen) atoms. The van der Waals surface area contributed by atoms with Gasteiger partial charge in [0.2, 0.25) is 0 Å². The molecular weight excluding hydrogens is 230 g/mol. The Morgan fingerprint density at radius 2 is 1.11 bits per heavy atom. The van der Waals surface area contributed by atoms with Crippen LogP contribution in [-0.4, -0.2) is 13.1 Å². The number of hydrogen-bond acceptors (Lipinski definition) is 1. The van der Waals surface area contributed by atoms with Crippen molar-refractivity contribution in [1.29, 1.82) is 0 Å². The van der Waals surface area contributed by atoms with Crippen LogP contribution in [0, 0.1) is 47.3 Å². The molecule has 0 radical (unpaired) electrons. The van der Waals surface area contributed by atoms with E-state index in [0.717, 1.165) is 47.3 Å². The van der Waals surface area contributed by atoms with E-state index in [1.54, 1.807) is 12.8 Å². The van der Waals surface area contributed by atoms with Crippen molar-refractivity contribution in [2.45, 2.75) is 52.4 Å². The zero-order valence-corrected chi connectivity index (χ0v) is 12.8. The van der Waals surface area contributed by atoms with Crippen molar-refractivity contribution in [1.82, 2.24) is 5.32 Å². The molecule has 1 N–H and O–H groups in total. The monoisotopic (exact) mass is 261 g/mol. The van der Waals surface area contributed by atoms with Crippen molar-refractivity contribution in [3.05, 3.63) is 0 Å². The fourth-order valence-electron chi connectivity index (χ4n) is 6.52. The fourth-order valence-corrected chi connectivity index (χ4v) is 6.52. The van der Waals surface area contributed by atoms with Crippen LogP contribution in [0.5, 0.6) is 0 Å². The molecule has 0 spiro atoms. The van der Waals surface area contributed by atoms with Crippen LogP contribution in [-0.2, 0) is 0 Å². The van der Waals surface area contributed by atoms with E-state index in [9.17, 15) is 0 Å². The topological polar surface area (TPSA) is 12.0 Å². The summed E-state index contributed by atoms with van der Waals surface area (Å²) in [4.78, 5) is 0. The van der Waals surface area contributed by atoms with E-state index < -0.39 is 0 Å². The van der Waals surface area contributed by atoms with Gasteiger partial charge < -0.3 is 5.32 Å². The Morgan fingerprint density at radius 3 is 1.47 bits per heavy atom. The maximum absolute atomic E-state index is 3.90. The average Bonchev–Trinajstić information content (AvgIpc) is 3.14. The Bertz CT molecular complexity index is 303. The minimum absolute atomic E-state index is 1.00. The maximum Gasteiger partial charge on any atom is -0.00151 e. The predicted molar refractivity (Wildman–Crippen MR) is 79.8 cm³/mol. The molecule has 0 aromatic heterocycles. The molecule has 8 atom stereocenters. The molecule has 0 unspecified atom stereocenters. The molecule has 108 valence electrons. The first-order chi connectivity index (χ1) is 9.24. The van der Waals surface area contributed by atoms with Gasteiger partial charge in [-0.2, -0.15) is 0 Å². The molecule has 0 aromatic carbocycles. The second-order valence-corrected chi connectivity index (χ2v) is 8.37. The van der Waals surface area contributed by atoms with Crippen molar-refractivity contribution in [2.75, 3.05) is 13.1 Å². The Kier molecular flexibility index (Phi) is 3.17. The standard InChI is InChI=1S/C18H31N/c1-11-13-3-5-15(7-13)17(11)9-19-10-18-12(2)14-4-6-16(18)8-14/h11-19H,3-10H2,1-2H3/t11-,12-,13+,14+,15+,16+,17-,18-/m1/s1. The molecule has 0 saturated heterocycles. The van der Waals surface area contributed by atoms with Crippen molar-refractivity contribution in [3.63, 3.8) is 0 Å². The van der Waals surface area contributed by atoms with E-state index in [1.165, 1.54) is 38.8 Å². The average molecular weight is 261 g/mol. The van der Waals surface area contributed by atoms with Gasteiger partial charge in [-0.3, -0.25) is 0 Å². The quantitative estimate of drug-likeness (QED) is 0.808. The Labute approximate surface area is 118 Å². The minimum atomic E-state index is 1.00. The summed E-state index contributed by atoms with van der Waals surface area (Å²) in [5.41, 5.74) is 0. The van der Waals surface area contributed by atoms with E-state index in [0.29, 0.717) is 0 Å². The molecule has 4 aliphatic carbocycles. The summed E-state index contributed by atoms with van der Waals surface area (Å²) in [7, 11) is 0. The molecule has 4 rings (SSSR count). The van der Waals surface area contributed by atoms with Gasteiger partial charge in [0.15, 0.2) is 0 Å². The maximum atomic E-state index is 3.90. The highest BCUT2D eigenvalue weighted by molar-refractivity contribution is 4.97. The van der Waals surface area contributed by atoms with Crippen LogP contribution < -0.4 is 5.32 Å². The Morgan fingerprint density at radius 1 is 0.684 bits per heavy atom. The second kappa shape index (κ2) is 4.76. The van der Waals surface area contributed by atoms with E-state index in [2.05, 4.69) is 19.2 Å². The SMILES string of the molecule is C[C@@H]1[C@H]2CC[C@@H](C2)[C@@H]1CNC[C@H]1[C@H]2CC[C@@H](C2)[C@H]1C. The van der Waals surface area contributed by atoms with Crippen LogP contribution in [0.15, 0.2) is 0 Å². The van der Waals surface area contributed by atoms with Crippen LogP contribution >= 0.6 is 0 Å². The first-order valence-electron chi connectivity index (χ1n) is 8.94. The first-order valence-corrected chi connectivity index (χ1v) is 8.94. The summed E-state index contributed by atoms with van der Waals surface area (Å²) in [6, 6.07) is 0. The van der Waals surface area contributed by atoms with Crippen molar-refractivity contribution in [3.8, 4) is 0 Å². The van der Waals surface area contributed by atoms with Gasteiger partial charge in [-0.15, -0.1) is 0 Å². The zero-order valence-electron chi connectivity index (χ0n) is 12.8. The van der Waals surface area contributed by atoms with Gasteiger partial charge in [0.25, 0.3) is 0 Å². The molecule has 4 fully saturated rings. The normalized spacial score (nSPS) is 55.3. The fraction of sp³-hybridized carbons (Fsp3) is 1.00. The second-order valence-electron chi connectivity index (χ2n) is 8.37. The lowest BCUT2D eigenvalue weighted by atomic mass is 9.79. The minimum Gasteiger partial charge on any atom is -0.316 e. The lowest BCUT2D eigenvalue weighted by Crippen LogP contribution is -2.36. The third-order valence-corrected chi connectivity index (χ3v) is 7.84. The van der Waals surface area contributed by atoms with Gasteiger partial charge in [0, 0.05) is 0 Å². The van der Waals surface area contributed by atoms with Gasteiger partial charge in [-0.25, -0.2) is 0 Å². The van der Waals surface area contributed by atoms with E-state index in [1.807, 2.05) is 0 Å². The van der Waals surface area contributed by atoms with Crippen LogP contribution in [0.4, 0.5) is 0 Å². The number of nitrogens with one attached hydrogen (secondary N) is 1. The summed E-state index contributed by atoms with van der Waals surface area (Å²) in [6.07, 6.45) is 9.24. The van der Waals surface area contributed by atoms with E-state index in [-0.39, 0.29) is 0 Å². The number of rotatable bonds is 4. The van der Waals surface area contributed by atoms with Crippen molar-refractivity contribution >= 4 is 0 Å². The third-order valence-electron chi connectivity index (χ3n) is 7.84. The van der Waals surface area contributed by atoms with E-state index in [4.69, 9.17) is 0 Å². The van der Waals surface area contributed by atoms with Crippen molar-refractivity contribution < 1.29 is 0 Å². The highest BCUT2D eigenvalue weighted by Crippen LogP contribution is 2.53. The molecule has 0 aromatic rings. The van der Waals surface area contributed by atoms with Gasteiger partial charge in [0.1, 0.15) is 0 Å². The summed E-state index contributed by atoms with van der Waals surface area (Å²) in [5.74, 6) is 8.33. The van der Waals surface area contributed by atoms with Crippen LogP contribution in [0.1, 0.15) is 52.4 Å². The predicted octanol–water partition coefficient (Wildman–Crippen LogP) is 3.94. The molecule has 0 heterocycles. The van der Waals surface area contributed by atoms with E-state index >= 15 is 0 Å². The first kappa shape index (κ1) is 12.7. The largest absolute Gasteiger partial charge is 0.316 e.